The van der Waals surface area contributed by atoms with Crippen molar-refractivity contribution in [2.45, 2.75) is 6.92 Å². The smallest absolute Gasteiger partial charge is 0.264 e. The molecule has 1 rings (SSSR count). The maximum Gasteiger partial charge on any atom is 0.264 e. The Morgan fingerprint density at radius 2 is 2.23 bits per heavy atom. The predicted molar refractivity (Wildman–Crippen MR) is 55.9 cm³/mol. The highest BCUT2D eigenvalue weighted by atomic mass is 32.1. The van der Waals surface area contributed by atoms with Gasteiger partial charge in [-0.15, -0.1) is 0 Å². The summed E-state index contributed by atoms with van der Waals surface area (Å²) in [5, 5.41) is 0.441. The SMILES string of the molecule is Cc1ncccc1OC(=S)N(C)C. The van der Waals surface area contributed by atoms with E-state index in [9.17, 15) is 0 Å². The van der Waals surface area contributed by atoms with E-state index in [4.69, 9.17) is 17.0 Å². The van der Waals surface area contributed by atoms with E-state index in [-0.39, 0.29) is 0 Å². The van der Waals surface area contributed by atoms with Crippen LogP contribution >= 0.6 is 12.2 Å². The van der Waals surface area contributed by atoms with Crippen molar-refractivity contribution in [3.63, 3.8) is 0 Å². The lowest BCUT2D eigenvalue weighted by molar-refractivity contribution is 0.445. The summed E-state index contributed by atoms with van der Waals surface area (Å²) >= 11 is 5.00. The number of pyridine rings is 1. The van der Waals surface area contributed by atoms with Crippen molar-refractivity contribution in [2.24, 2.45) is 0 Å². The van der Waals surface area contributed by atoms with Crippen molar-refractivity contribution in [3.05, 3.63) is 24.0 Å². The average Bonchev–Trinajstić information content (AvgIpc) is 2.08. The first-order valence-electron chi connectivity index (χ1n) is 3.92. The summed E-state index contributed by atoms with van der Waals surface area (Å²) in [6.07, 6.45) is 1.72. The molecule has 0 radical (unpaired) electrons. The molecule has 0 N–H and O–H groups in total. The van der Waals surface area contributed by atoms with Crippen LogP contribution in [0.25, 0.3) is 0 Å². The summed E-state index contributed by atoms with van der Waals surface area (Å²) in [4.78, 5) is 5.83. The molecule has 0 aliphatic heterocycles. The zero-order valence-electron chi connectivity index (χ0n) is 7.94. The second-order valence-electron chi connectivity index (χ2n) is 2.85. The van der Waals surface area contributed by atoms with Crippen LogP contribution in [-0.4, -0.2) is 29.2 Å². The zero-order valence-corrected chi connectivity index (χ0v) is 8.76. The van der Waals surface area contributed by atoms with Crippen molar-refractivity contribution in [1.82, 2.24) is 9.88 Å². The number of thiocarbonyl (C=S) groups is 1. The highest BCUT2D eigenvalue weighted by Crippen LogP contribution is 2.14. The minimum Gasteiger partial charge on any atom is -0.430 e. The quantitative estimate of drug-likeness (QED) is 0.637. The lowest BCUT2D eigenvalue weighted by Crippen LogP contribution is -2.25. The van der Waals surface area contributed by atoms with E-state index in [2.05, 4.69) is 4.98 Å². The van der Waals surface area contributed by atoms with Gasteiger partial charge in [0.05, 0.1) is 5.69 Å². The van der Waals surface area contributed by atoms with Crippen LogP contribution in [0.3, 0.4) is 0 Å². The van der Waals surface area contributed by atoms with E-state index in [1.165, 1.54) is 0 Å². The van der Waals surface area contributed by atoms with E-state index < -0.39 is 0 Å². The molecule has 0 aromatic carbocycles. The van der Waals surface area contributed by atoms with Gasteiger partial charge in [0.2, 0.25) is 0 Å². The van der Waals surface area contributed by atoms with E-state index in [1.54, 1.807) is 11.1 Å². The lowest BCUT2D eigenvalue weighted by Gasteiger charge is -2.14. The van der Waals surface area contributed by atoms with Gasteiger partial charge in [0.15, 0.2) is 5.75 Å². The first-order valence-corrected chi connectivity index (χ1v) is 4.33. The molecule has 0 aliphatic carbocycles. The molecule has 70 valence electrons. The lowest BCUT2D eigenvalue weighted by atomic mass is 10.3. The number of nitrogens with zero attached hydrogens (tertiary/aromatic N) is 2. The number of ether oxygens (including phenoxy) is 1. The molecule has 0 amide bonds. The third-order valence-electron chi connectivity index (χ3n) is 1.52. The van der Waals surface area contributed by atoms with E-state index in [1.807, 2.05) is 33.2 Å². The second kappa shape index (κ2) is 4.18. The molecule has 3 nitrogen and oxygen atoms in total. The van der Waals surface area contributed by atoms with Crippen LogP contribution in [-0.2, 0) is 0 Å². The van der Waals surface area contributed by atoms with E-state index in [0.717, 1.165) is 5.69 Å². The van der Waals surface area contributed by atoms with Crippen molar-refractivity contribution >= 4 is 17.4 Å². The molecule has 0 bridgehead atoms. The highest BCUT2D eigenvalue weighted by Gasteiger charge is 2.04. The largest absolute Gasteiger partial charge is 0.430 e. The Morgan fingerprint density at radius 3 is 2.77 bits per heavy atom. The van der Waals surface area contributed by atoms with E-state index in [0.29, 0.717) is 10.9 Å². The molecule has 13 heavy (non-hydrogen) atoms. The molecule has 1 aromatic rings. The Kier molecular flexibility index (Phi) is 3.19. The van der Waals surface area contributed by atoms with Gasteiger partial charge < -0.3 is 9.64 Å². The van der Waals surface area contributed by atoms with E-state index >= 15 is 0 Å². The number of hydrogen-bond donors (Lipinski definition) is 0. The number of aryl methyl sites for hydroxylation is 1. The van der Waals surface area contributed by atoms with Crippen LogP contribution in [0.5, 0.6) is 5.75 Å². The van der Waals surface area contributed by atoms with Crippen LogP contribution in [0.15, 0.2) is 18.3 Å². The van der Waals surface area contributed by atoms with Crippen LogP contribution < -0.4 is 4.74 Å². The summed E-state index contributed by atoms with van der Waals surface area (Å²) in [6, 6.07) is 3.67. The first kappa shape index (κ1) is 9.92. The molecular formula is C9H12N2OS. The first-order chi connectivity index (χ1) is 6.11. The zero-order chi connectivity index (χ0) is 9.84. The van der Waals surface area contributed by atoms with Gasteiger partial charge in [0.25, 0.3) is 5.17 Å². The molecule has 0 spiro atoms. The van der Waals surface area contributed by atoms with Gasteiger partial charge in [-0.1, -0.05) is 0 Å². The van der Waals surface area contributed by atoms with Crippen molar-refractivity contribution < 1.29 is 4.74 Å². The van der Waals surface area contributed by atoms with Gasteiger partial charge in [0, 0.05) is 20.3 Å². The average molecular weight is 196 g/mol. The molecule has 0 atom stereocenters. The normalized spacial score (nSPS) is 9.46. The van der Waals surface area contributed by atoms with Crippen LogP contribution in [0.4, 0.5) is 0 Å². The number of hydrogen-bond acceptors (Lipinski definition) is 3. The Labute approximate surface area is 83.3 Å². The maximum atomic E-state index is 5.40. The molecule has 0 unspecified atom stereocenters. The van der Waals surface area contributed by atoms with Crippen LogP contribution in [0.1, 0.15) is 5.69 Å². The minimum absolute atomic E-state index is 0.441. The van der Waals surface area contributed by atoms with Gasteiger partial charge in [-0.2, -0.15) is 0 Å². The summed E-state index contributed by atoms with van der Waals surface area (Å²) < 4.78 is 5.40. The molecule has 0 saturated heterocycles. The van der Waals surface area contributed by atoms with Crippen LogP contribution in [0.2, 0.25) is 0 Å². The molecule has 1 heterocycles. The fourth-order valence-corrected chi connectivity index (χ4v) is 0.852. The Bertz CT molecular complexity index is 312. The minimum atomic E-state index is 0.441. The maximum absolute atomic E-state index is 5.40. The molecule has 0 saturated carbocycles. The summed E-state index contributed by atoms with van der Waals surface area (Å²) in [5.41, 5.74) is 0.840. The number of rotatable bonds is 1. The fourth-order valence-electron chi connectivity index (χ4n) is 0.763. The number of aromatic nitrogens is 1. The van der Waals surface area contributed by atoms with Crippen molar-refractivity contribution in [1.29, 1.82) is 0 Å². The van der Waals surface area contributed by atoms with Crippen molar-refractivity contribution in [2.75, 3.05) is 14.1 Å². The summed E-state index contributed by atoms with van der Waals surface area (Å²) in [5.74, 6) is 0.709. The van der Waals surface area contributed by atoms with Crippen LogP contribution in [0, 0.1) is 6.92 Å². The molecule has 4 heteroatoms. The highest BCUT2D eigenvalue weighted by molar-refractivity contribution is 7.80. The third kappa shape index (κ3) is 2.66. The van der Waals surface area contributed by atoms with Gasteiger partial charge in [0.1, 0.15) is 0 Å². The predicted octanol–water partition coefficient (Wildman–Crippen LogP) is 1.62. The van der Waals surface area contributed by atoms with Gasteiger partial charge in [-0.3, -0.25) is 4.98 Å². The Morgan fingerprint density at radius 1 is 1.54 bits per heavy atom. The van der Waals surface area contributed by atoms with Gasteiger partial charge >= 0.3 is 0 Å². The Balaban J connectivity index is 2.75. The topological polar surface area (TPSA) is 25.4 Å². The molecule has 0 aliphatic rings. The fraction of sp³-hybridized carbons (Fsp3) is 0.333. The summed E-state index contributed by atoms with van der Waals surface area (Å²) in [6.45, 7) is 1.88. The van der Waals surface area contributed by atoms with Crippen molar-refractivity contribution in [3.8, 4) is 5.75 Å². The standard InChI is InChI=1S/C9H12N2OS/c1-7-8(5-4-6-10-7)12-9(13)11(2)3/h4-6H,1-3H3. The Hall–Kier alpha value is -1.16. The third-order valence-corrected chi connectivity index (χ3v) is 1.97. The van der Waals surface area contributed by atoms with Gasteiger partial charge in [-0.25, -0.2) is 0 Å². The molecular weight excluding hydrogens is 184 g/mol. The van der Waals surface area contributed by atoms with Gasteiger partial charge in [-0.05, 0) is 31.3 Å². The monoisotopic (exact) mass is 196 g/mol. The molecule has 1 aromatic heterocycles. The second-order valence-corrected chi connectivity index (χ2v) is 3.20. The summed E-state index contributed by atoms with van der Waals surface area (Å²) in [7, 11) is 3.68. The molecule has 0 fully saturated rings.